The first-order chi connectivity index (χ1) is 53.7. The first-order valence-electron chi connectivity index (χ1n) is 35.4. The van der Waals surface area contributed by atoms with E-state index < -0.39 is 0 Å². The third-order valence-electron chi connectivity index (χ3n) is 17.7. The predicted octanol–water partition coefficient (Wildman–Crippen LogP) is 19.3. The number of nitrogens with zero attached hydrogens (tertiary/aromatic N) is 15. The van der Waals surface area contributed by atoms with Crippen molar-refractivity contribution < 1.29 is 13.9 Å². The van der Waals surface area contributed by atoms with Gasteiger partial charge in [-0.1, -0.05) is 242 Å². The largest absolute Gasteiger partial charge is 0.489 e. The number of ketones is 1. The second-order valence-corrected chi connectivity index (χ2v) is 26.0. The maximum atomic E-state index is 11.5. The Morgan fingerprint density at radius 3 is 1.13 bits per heavy atom. The smallest absolute Gasteiger partial charge is 0.159 e. The predicted molar refractivity (Wildman–Crippen MR) is 428 cm³/mol. The number of ether oxygens (including phenoxy) is 1. The maximum Gasteiger partial charge on any atom is 0.159 e. The zero-order chi connectivity index (χ0) is 74.2. The Bertz CT molecular complexity index is 5840. The van der Waals surface area contributed by atoms with Gasteiger partial charge in [0.05, 0.1) is 32.7 Å². The lowest BCUT2D eigenvalue weighted by Gasteiger charge is -2.09. The summed E-state index contributed by atoms with van der Waals surface area (Å²) in [4.78, 5) is 31.3. The van der Waals surface area contributed by atoms with Crippen LogP contribution in [0.4, 0.5) is 0 Å². The fourth-order valence-corrected chi connectivity index (χ4v) is 12.6. The Balaban J connectivity index is 0.000000115. The minimum Gasteiger partial charge on any atom is -0.489 e. The van der Waals surface area contributed by atoms with Crippen molar-refractivity contribution in [3.63, 3.8) is 0 Å². The van der Waals surface area contributed by atoms with Crippen LogP contribution in [0.3, 0.4) is 0 Å². The average molecular weight is 1450 g/mol. The summed E-state index contributed by atoms with van der Waals surface area (Å²) in [7, 11) is 0. The molecule has 0 unspecified atom stereocenters. The number of hydrogen-bond acceptors (Lipinski definition) is 13. The first-order valence-corrected chi connectivity index (χ1v) is 35.8. The van der Waals surface area contributed by atoms with Crippen LogP contribution in [0.15, 0.2) is 365 Å². The van der Waals surface area contributed by atoms with Gasteiger partial charge in [-0.25, -0.2) is 48.3 Å². The summed E-state index contributed by atoms with van der Waals surface area (Å²) < 4.78 is 21.1. The third-order valence-corrected chi connectivity index (χ3v) is 17.9. The molecule has 0 N–H and O–H groups in total. The Morgan fingerprint density at radius 1 is 0.330 bits per heavy atom. The van der Waals surface area contributed by atoms with Crippen molar-refractivity contribution in [3.05, 3.63) is 404 Å². The number of aromatic nitrogens is 15. The van der Waals surface area contributed by atoms with Crippen molar-refractivity contribution in [1.82, 2.24) is 73.8 Å². The number of fused-ring (bicyclic) bond motifs is 3. The normalized spacial score (nSPS) is 10.7. The zero-order valence-corrected chi connectivity index (χ0v) is 60.4. The van der Waals surface area contributed by atoms with Crippen LogP contribution in [0, 0.1) is 0 Å². The van der Waals surface area contributed by atoms with E-state index in [-0.39, 0.29) is 5.78 Å². The minimum atomic E-state index is 0.0793. The lowest BCUT2D eigenvalue weighted by molar-refractivity contribution is 0.101. The van der Waals surface area contributed by atoms with E-state index in [4.69, 9.17) is 20.8 Å². The van der Waals surface area contributed by atoms with Gasteiger partial charge in [0.1, 0.15) is 86.8 Å². The number of carbonyl (C=O) groups is 1. The monoisotopic (exact) mass is 1450 g/mol. The summed E-state index contributed by atoms with van der Waals surface area (Å²) in [6.07, 6.45) is 16.3. The molecule has 19 heteroatoms. The molecular weight excluding hydrogens is 1370 g/mol. The summed E-state index contributed by atoms with van der Waals surface area (Å²) in [5.74, 6) is 0.951. The lowest BCUT2D eigenvalue weighted by atomic mass is 10.00. The highest BCUT2D eigenvalue weighted by Gasteiger charge is 2.14. The number of Topliss-reactive ketones (excluding diaryl/α,β-unsaturated/α-hetero) is 1. The van der Waals surface area contributed by atoms with Crippen LogP contribution in [-0.2, 0) is 39.3 Å². The van der Waals surface area contributed by atoms with Crippen molar-refractivity contribution in [2.45, 2.75) is 46.3 Å². The first kappa shape index (κ1) is 71.9. The summed E-state index contributed by atoms with van der Waals surface area (Å²) >= 11 is 6.03. The van der Waals surface area contributed by atoms with Crippen LogP contribution in [0.25, 0.3) is 77.6 Å². The number of para-hydroxylation sites is 2. The van der Waals surface area contributed by atoms with Gasteiger partial charge < -0.3 is 9.15 Å². The van der Waals surface area contributed by atoms with E-state index in [0.717, 1.165) is 94.9 Å². The maximum absolute atomic E-state index is 11.5. The highest BCUT2D eigenvalue weighted by Crippen LogP contribution is 2.36. The van der Waals surface area contributed by atoms with Gasteiger partial charge in [-0.3, -0.25) is 4.79 Å². The molecule has 534 valence electrons. The molecule has 0 amide bonds. The number of benzene rings is 12. The molecule has 18 nitrogen and oxygen atoms in total. The van der Waals surface area contributed by atoms with Gasteiger partial charge in [0.25, 0.3) is 0 Å². The van der Waals surface area contributed by atoms with Crippen molar-refractivity contribution in [2.75, 3.05) is 0 Å². The SMILES string of the molecule is CC(=O)c1cccc(-c2cccc(Cn3cncn3)c2)c1.Clc1cccc(-c2cccc(Cn3cncn3)c2)c1.c1cc(Cn2cncn2)cc(-c2cccc3c2oc2ccccc23)c1.c1ccc(-c2cccc(Cn3cncn3)c2)cc1.c1ccc(COc2ccc(-c3cccc(Cn4cncn4)c3)cc2)cc1. The van der Waals surface area contributed by atoms with Gasteiger partial charge in [-0.15, -0.1) is 0 Å². The molecule has 0 aliphatic carbocycles. The molecular formula is C90H74ClN15O3. The average Bonchev–Trinajstić information content (AvgIpc) is 1.50. The van der Waals surface area contributed by atoms with Gasteiger partial charge in [0.15, 0.2) is 5.78 Å². The topological polar surface area (TPSA) is 193 Å². The van der Waals surface area contributed by atoms with Crippen LogP contribution in [-0.4, -0.2) is 79.6 Å². The highest BCUT2D eigenvalue weighted by atomic mass is 35.5. The molecule has 18 aromatic rings. The highest BCUT2D eigenvalue weighted by molar-refractivity contribution is 6.30. The van der Waals surface area contributed by atoms with E-state index in [9.17, 15) is 4.79 Å². The molecule has 0 saturated carbocycles. The van der Waals surface area contributed by atoms with Crippen LogP contribution in [0.2, 0.25) is 5.02 Å². The van der Waals surface area contributed by atoms with Gasteiger partial charge in [0, 0.05) is 26.9 Å². The molecule has 0 atom stereocenters. The second kappa shape index (κ2) is 36.1. The quantitative estimate of drug-likeness (QED) is 0.0695. The number of hydrogen-bond donors (Lipinski definition) is 0. The Kier molecular flexibility index (Phi) is 23.8. The number of halogens is 1. The van der Waals surface area contributed by atoms with Crippen LogP contribution in [0.1, 0.15) is 50.7 Å². The van der Waals surface area contributed by atoms with E-state index in [1.54, 1.807) is 73.2 Å². The Labute approximate surface area is 635 Å². The molecule has 0 spiro atoms. The van der Waals surface area contributed by atoms with Crippen LogP contribution >= 0.6 is 11.6 Å². The summed E-state index contributed by atoms with van der Waals surface area (Å²) in [5, 5.41) is 23.7. The summed E-state index contributed by atoms with van der Waals surface area (Å²) in [6.45, 7) is 5.72. The number of carbonyl (C=O) groups excluding carboxylic acids is 1. The van der Waals surface area contributed by atoms with Gasteiger partial charge >= 0.3 is 0 Å². The molecule has 18 rings (SSSR count). The van der Waals surface area contributed by atoms with Crippen molar-refractivity contribution in [1.29, 1.82) is 0 Å². The molecule has 6 aromatic heterocycles. The van der Waals surface area contributed by atoms with Crippen molar-refractivity contribution in [2.24, 2.45) is 0 Å². The molecule has 0 radical (unpaired) electrons. The van der Waals surface area contributed by atoms with Gasteiger partial charge in [0.2, 0.25) is 0 Å². The van der Waals surface area contributed by atoms with Crippen LogP contribution < -0.4 is 4.74 Å². The van der Waals surface area contributed by atoms with E-state index in [0.29, 0.717) is 32.8 Å². The third kappa shape index (κ3) is 20.0. The number of rotatable bonds is 19. The van der Waals surface area contributed by atoms with E-state index in [2.05, 4.69) is 232 Å². The molecule has 0 fully saturated rings. The lowest BCUT2D eigenvalue weighted by Crippen LogP contribution is -2.00. The van der Waals surface area contributed by atoms with E-state index in [1.165, 1.54) is 45.3 Å². The molecule has 0 aliphatic heterocycles. The fraction of sp³-hybridized carbons (Fsp3) is 0.0778. The fourth-order valence-electron chi connectivity index (χ4n) is 12.4. The molecule has 6 heterocycles. The van der Waals surface area contributed by atoms with Crippen molar-refractivity contribution >= 4 is 39.3 Å². The minimum absolute atomic E-state index is 0.0793. The summed E-state index contributed by atoms with van der Waals surface area (Å²) in [6, 6.07) is 101. The van der Waals surface area contributed by atoms with E-state index in [1.807, 2.05) is 129 Å². The Morgan fingerprint density at radius 2 is 0.679 bits per heavy atom. The summed E-state index contributed by atoms with van der Waals surface area (Å²) in [5.41, 5.74) is 21.1. The molecule has 0 saturated heterocycles. The second-order valence-electron chi connectivity index (χ2n) is 25.6. The standard InChI is InChI=1S/C22H19N3O.C21H15N3O.C17H15N3O.C15H12ClN3.C15H13N3/c1-2-5-18(6-3-1)15-26-22-11-9-20(10-12-22)21-8-4-7-19(13-21)14-25-17-23-16-24-25;1-2-10-20-18(7-1)19-9-4-8-17(21(19)25-20)16-6-3-5-15(11-16)12-24-14-22-13-23-24;1-13(21)15-5-3-7-17(9-15)16-6-2-4-14(8-16)10-20-12-18-11-19-20;16-15-6-2-5-14(8-15)13-4-1-3-12(7-13)9-19-11-17-10-18-19;1-2-6-14(7-3-1)15-8-4-5-13(9-15)10-18-12-16-11-17-18/h1-13,16-17H,14-15H2;1-11,13-14H,12H2;2-9,11-12H,10H2,1H3;1-8,10-11H,9H2;1-9,11-12H,10H2. The molecule has 109 heavy (non-hydrogen) atoms. The molecule has 0 aliphatic rings. The molecule has 12 aromatic carbocycles. The number of furan rings is 1. The molecule has 0 bridgehead atoms. The van der Waals surface area contributed by atoms with Gasteiger partial charge in [-0.2, -0.15) is 25.5 Å². The van der Waals surface area contributed by atoms with Crippen molar-refractivity contribution in [3.8, 4) is 61.4 Å². The van der Waals surface area contributed by atoms with Crippen LogP contribution in [0.5, 0.6) is 5.75 Å². The van der Waals surface area contributed by atoms with Gasteiger partial charge in [-0.05, 0) is 157 Å². The van der Waals surface area contributed by atoms with E-state index >= 15 is 0 Å². The Hall–Kier alpha value is -14.1. The zero-order valence-electron chi connectivity index (χ0n) is 59.6.